The summed E-state index contributed by atoms with van der Waals surface area (Å²) in [5, 5.41) is 10.3. The number of piperidine rings is 1. The number of hydrogen-bond acceptors (Lipinski definition) is 3. The van der Waals surface area contributed by atoms with Crippen LogP contribution in [-0.2, 0) is 0 Å². The van der Waals surface area contributed by atoms with E-state index in [1.165, 1.54) is 44.9 Å². The Morgan fingerprint density at radius 3 is 2.12 bits per heavy atom. The Hall–Kier alpha value is -1.46. The number of nitrogens with zero attached hydrogens (tertiary/aromatic N) is 4. The van der Waals surface area contributed by atoms with Gasteiger partial charge >= 0.3 is 0 Å². The smallest absolute Gasteiger partial charge is 0.243 e. The quantitative estimate of drug-likeness (QED) is 0.364. The fourth-order valence-corrected chi connectivity index (χ4v) is 3.10. The van der Waals surface area contributed by atoms with Crippen LogP contribution in [0.3, 0.4) is 0 Å². The Kier molecular flexibility index (Phi) is 9.57. The zero-order valence-electron chi connectivity index (χ0n) is 16.1. The normalized spacial score (nSPS) is 22.0. The second-order valence-corrected chi connectivity index (χ2v) is 6.58. The van der Waals surface area contributed by atoms with Gasteiger partial charge in [0, 0.05) is 32.9 Å². The molecule has 3 saturated heterocycles. The lowest BCUT2D eigenvalue weighted by molar-refractivity contribution is -0.588. The fourth-order valence-electron chi connectivity index (χ4n) is 3.10. The van der Waals surface area contributed by atoms with Gasteiger partial charge in [-0.1, -0.05) is 19.0 Å². The number of hydrogen-bond donors (Lipinski definition) is 1. The van der Waals surface area contributed by atoms with Crippen LogP contribution in [0.1, 0.15) is 53.4 Å². The summed E-state index contributed by atoms with van der Waals surface area (Å²) in [6, 6.07) is 0. The summed E-state index contributed by atoms with van der Waals surface area (Å²) in [5.41, 5.74) is 0. The molecule has 3 aliphatic heterocycles. The molecule has 6 heteroatoms. The molecule has 3 fully saturated rings. The maximum atomic E-state index is 10.0. The van der Waals surface area contributed by atoms with Gasteiger partial charge < -0.3 is 4.90 Å². The van der Waals surface area contributed by atoms with E-state index in [9.17, 15) is 4.91 Å². The molecule has 0 aliphatic carbocycles. The third-order valence-electron chi connectivity index (χ3n) is 4.95. The average molecular weight is 339 g/mol. The fraction of sp³-hybridized carbons (Fsp3) is 0.889. The summed E-state index contributed by atoms with van der Waals surface area (Å²) in [4.78, 5) is 14.5. The third-order valence-corrected chi connectivity index (χ3v) is 4.95. The Balaban J connectivity index is 0.000000220. The van der Waals surface area contributed by atoms with Gasteiger partial charge in [0.1, 0.15) is 0 Å². The number of nitroso groups, excluding NO2 is 1. The lowest BCUT2D eigenvalue weighted by Crippen LogP contribution is -2.48. The van der Waals surface area contributed by atoms with E-state index in [2.05, 4.69) is 21.6 Å². The van der Waals surface area contributed by atoms with E-state index in [1.807, 2.05) is 18.7 Å². The van der Waals surface area contributed by atoms with Crippen LogP contribution >= 0.6 is 0 Å². The molecule has 24 heavy (non-hydrogen) atoms. The van der Waals surface area contributed by atoms with Crippen molar-refractivity contribution in [2.45, 2.75) is 53.4 Å². The molecule has 0 radical (unpaired) electrons. The molecule has 138 valence electrons. The van der Waals surface area contributed by atoms with Crippen molar-refractivity contribution < 1.29 is 4.58 Å². The molecule has 3 aliphatic rings. The van der Waals surface area contributed by atoms with E-state index in [4.69, 9.17) is 5.41 Å². The zero-order valence-corrected chi connectivity index (χ0v) is 16.1. The van der Waals surface area contributed by atoms with E-state index in [0.29, 0.717) is 18.3 Å². The highest BCUT2D eigenvalue weighted by Gasteiger charge is 2.27. The third kappa shape index (κ3) is 6.21. The molecule has 1 unspecified atom stereocenters. The largest absolute Gasteiger partial charge is 0.360 e. The van der Waals surface area contributed by atoms with Crippen molar-refractivity contribution in [2.75, 3.05) is 45.8 Å². The number of amidine groups is 2. The Morgan fingerprint density at radius 2 is 1.71 bits per heavy atom. The molecule has 1 N–H and O–H groups in total. The molecule has 3 rings (SSSR count). The minimum Gasteiger partial charge on any atom is -0.360 e. The van der Waals surface area contributed by atoms with Crippen LogP contribution in [0, 0.1) is 16.2 Å². The molecular weight excluding hydrogens is 302 g/mol. The van der Waals surface area contributed by atoms with Gasteiger partial charge in [-0.3, -0.25) is 14.9 Å². The highest BCUT2D eigenvalue weighted by molar-refractivity contribution is 5.76. The summed E-state index contributed by atoms with van der Waals surface area (Å²) in [7, 11) is 0. The van der Waals surface area contributed by atoms with Crippen LogP contribution in [-0.4, -0.2) is 71.9 Å². The highest BCUT2D eigenvalue weighted by atomic mass is 16.3. The van der Waals surface area contributed by atoms with E-state index in [1.54, 1.807) is 6.92 Å². The van der Waals surface area contributed by atoms with Gasteiger partial charge in [0.05, 0.1) is 38.6 Å². The maximum Gasteiger partial charge on any atom is 0.243 e. The molecule has 3 heterocycles. The standard InChI is InChI=1S/C8H15N3O.C8H15N2.C2H6/c1-7(9)11-4-2-3-8(6-11)5-10-12;1-8(9-4-2-5-9)10-6-3-7-10;1-2/h8-9H,2-6H2,1H3;2-7H2,1H3;1-2H3/q;+1;. The van der Waals surface area contributed by atoms with Gasteiger partial charge in [-0.05, 0) is 25.7 Å². The first-order valence-corrected chi connectivity index (χ1v) is 9.54. The lowest BCUT2D eigenvalue weighted by Gasteiger charge is -2.32. The van der Waals surface area contributed by atoms with Crippen molar-refractivity contribution in [3.63, 3.8) is 0 Å². The van der Waals surface area contributed by atoms with Crippen molar-refractivity contribution in [1.29, 1.82) is 5.41 Å². The van der Waals surface area contributed by atoms with Crippen LogP contribution in [0.4, 0.5) is 0 Å². The SMILES string of the molecule is CC.CC(=N)N1CCCC(CN=O)C1.CC(N1CCC1)=[N+]1CCC1. The van der Waals surface area contributed by atoms with Crippen LogP contribution in [0.25, 0.3) is 0 Å². The average Bonchev–Trinajstić information content (AvgIpc) is 2.47. The van der Waals surface area contributed by atoms with Gasteiger partial charge in [0.25, 0.3) is 0 Å². The monoisotopic (exact) mass is 338 g/mol. The van der Waals surface area contributed by atoms with E-state index < -0.39 is 0 Å². The predicted molar refractivity (Wildman–Crippen MR) is 101 cm³/mol. The molecule has 0 spiro atoms. The zero-order chi connectivity index (χ0) is 17.9. The van der Waals surface area contributed by atoms with Crippen LogP contribution in [0.15, 0.2) is 5.18 Å². The molecular formula is C18H36N5O+. The minimum absolute atomic E-state index is 0.372. The molecule has 0 aromatic heterocycles. The molecule has 1 atom stereocenters. The summed E-state index contributed by atoms with van der Waals surface area (Å²) < 4.78 is 2.47. The summed E-state index contributed by atoms with van der Waals surface area (Å²) in [6.45, 7) is 15.4. The van der Waals surface area contributed by atoms with Crippen molar-refractivity contribution in [3.05, 3.63) is 4.91 Å². The van der Waals surface area contributed by atoms with Crippen LogP contribution < -0.4 is 0 Å². The summed E-state index contributed by atoms with van der Waals surface area (Å²) >= 11 is 0. The van der Waals surface area contributed by atoms with Crippen molar-refractivity contribution in [2.24, 2.45) is 11.1 Å². The first-order valence-electron chi connectivity index (χ1n) is 9.54. The van der Waals surface area contributed by atoms with Gasteiger partial charge in [-0.25, -0.2) is 0 Å². The van der Waals surface area contributed by atoms with Crippen LogP contribution in [0.5, 0.6) is 0 Å². The second-order valence-electron chi connectivity index (χ2n) is 6.58. The molecule has 0 aromatic carbocycles. The van der Waals surface area contributed by atoms with Gasteiger partial charge in [0.15, 0.2) is 0 Å². The first-order chi connectivity index (χ1) is 11.6. The molecule has 0 amide bonds. The predicted octanol–water partition coefficient (Wildman–Crippen LogP) is 3.01. The van der Waals surface area contributed by atoms with Crippen LogP contribution in [0.2, 0.25) is 0 Å². The molecule has 0 aromatic rings. The van der Waals surface area contributed by atoms with E-state index >= 15 is 0 Å². The lowest BCUT2D eigenvalue weighted by atomic mass is 9.98. The minimum atomic E-state index is 0.372. The number of nitrogens with one attached hydrogen (secondary N) is 1. The summed E-state index contributed by atoms with van der Waals surface area (Å²) in [6.07, 6.45) is 4.95. The van der Waals surface area contributed by atoms with Crippen molar-refractivity contribution in [1.82, 2.24) is 9.80 Å². The molecule has 0 saturated carbocycles. The molecule has 0 bridgehead atoms. The Bertz CT molecular complexity index is 425. The Labute approximate surface area is 147 Å². The molecule has 6 nitrogen and oxygen atoms in total. The van der Waals surface area contributed by atoms with Gasteiger partial charge in [-0.15, -0.1) is 0 Å². The first kappa shape index (κ1) is 20.6. The number of likely N-dealkylation sites (tertiary alicyclic amines) is 2. The second kappa shape index (κ2) is 11.2. The van der Waals surface area contributed by atoms with Crippen molar-refractivity contribution >= 4 is 11.7 Å². The van der Waals surface area contributed by atoms with Gasteiger partial charge in [0.2, 0.25) is 5.84 Å². The topological polar surface area (TPSA) is 62.8 Å². The van der Waals surface area contributed by atoms with E-state index in [0.717, 1.165) is 25.9 Å². The Morgan fingerprint density at radius 1 is 1.08 bits per heavy atom. The highest BCUT2D eigenvalue weighted by Crippen LogP contribution is 2.16. The van der Waals surface area contributed by atoms with E-state index in [-0.39, 0.29) is 0 Å². The maximum absolute atomic E-state index is 10.0. The van der Waals surface area contributed by atoms with Gasteiger partial charge in [-0.2, -0.15) is 4.91 Å². The number of rotatable bonds is 2. The van der Waals surface area contributed by atoms with Crippen molar-refractivity contribution in [3.8, 4) is 0 Å². The summed E-state index contributed by atoms with van der Waals surface area (Å²) in [5.74, 6) is 2.49.